The summed E-state index contributed by atoms with van der Waals surface area (Å²) < 4.78 is 4.87. The van der Waals surface area contributed by atoms with E-state index in [1.807, 2.05) is 27.7 Å². The fourth-order valence-electron chi connectivity index (χ4n) is 1.42. The van der Waals surface area contributed by atoms with E-state index in [2.05, 4.69) is 11.8 Å². The van der Waals surface area contributed by atoms with Gasteiger partial charge in [-0.15, -0.1) is 11.8 Å². The average Bonchev–Trinajstić information content (AvgIpc) is 1.77. The van der Waals surface area contributed by atoms with Crippen molar-refractivity contribution < 1.29 is 33.8 Å². The molecule has 6 heteroatoms. The van der Waals surface area contributed by atoms with Crippen molar-refractivity contribution in [3.8, 4) is 0 Å². The zero-order valence-corrected chi connectivity index (χ0v) is 14.6. The third-order valence-electron chi connectivity index (χ3n) is 1.75. The summed E-state index contributed by atoms with van der Waals surface area (Å²) in [6.45, 7) is 4.15. The Morgan fingerprint density at radius 2 is 1.40 bits per heavy atom. The molecular weight excluding hydrogens is 285 g/mol. The Kier molecular flexibility index (Phi) is 10.2. The number of rotatable bonds is 6. The Labute approximate surface area is 111 Å². The molecule has 0 aliphatic heterocycles. The van der Waals surface area contributed by atoms with Crippen molar-refractivity contribution in [2.24, 2.45) is 11.8 Å². The smallest absolute Gasteiger partial charge is 0.812 e. The second-order valence-corrected chi connectivity index (χ2v) is 6.88. The monoisotopic (exact) mass is 302 g/mol. The summed E-state index contributed by atoms with van der Waals surface area (Å²) in [6.07, 6.45) is 1.22. The van der Waals surface area contributed by atoms with Crippen LogP contribution in [-0.4, -0.2) is 6.10 Å². The van der Waals surface area contributed by atoms with E-state index in [1.165, 1.54) is 0 Å². The van der Waals surface area contributed by atoms with Gasteiger partial charge in [0, 0.05) is 0 Å². The van der Waals surface area contributed by atoms with Gasteiger partial charge in [0.1, 0.15) is 0 Å². The zero-order chi connectivity index (χ0) is 11.4. The minimum absolute atomic E-state index is 0. The van der Waals surface area contributed by atoms with Crippen LogP contribution in [0.25, 0.3) is 0 Å². The van der Waals surface area contributed by atoms with Gasteiger partial charge in [-0.3, -0.25) is 0 Å². The van der Waals surface area contributed by atoms with Gasteiger partial charge in [-0.25, -0.2) is 0 Å². The zero-order valence-electron chi connectivity index (χ0n) is 9.93. The molecule has 0 saturated heterocycles. The second-order valence-electron chi connectivity index (χ2n) is 4.43. The summed E-state index contributed by atoms with van der Waals surface area (Å²) in [5, 5.41) is 0. The third-order valence-corrected chi connectivity index (χ3v) is 2.56. The summed E-state index contributed by atoms with van der Waals surface area (Å²) >= 11 is 4.24. The molecule has 0 amide bonds. The normalized spacial score (nSPS) is 12.3. The third kappa shape index (κ3) is 13.1. The van der Waals surface area contributed by atoms with Crippen LogP contribution < -0.4 is 9.79 Å². The molecule has 0 spiro atoms. The van der Waals surface area contributed by atoms with Gasteiger partial charge in [-0.2, -0.15) is 0 Å². The van der Waals surface area contributed by atoms with Gasteiger partial charge in [0.15, 0.2) is 0 Å². The molecule has 0 unspecified atom stereocenters. The quantitative estimate of drug-likeness (QED) is 0.550. The molecule has 0 heterocycles. The van der Waals surface area contributed by atoms with Crippen molar-refractivity contribution in [3.63, 3.8) is 0 Å². The summed E-state index contributed by atoms with van der Waals surface area (Å²) in [7, 11) is 0. The molecule has 3 nitrogen and oxygen atoms in total. The van der Waals surface area contributed by atoms with Crippen molar-refractivity contribution in [2.45, 2.75) is 46.6 Å². The predicted molar refractivity (Wildman–Crippen MR) is 58.1 cm³/mol. The minimum Gasteiger partial charge on any atom is -0.812 e. The average molecular weight is 304 g/mol. The van der Waals surface area contributed by atoms with Crippen molar-refractivity contribution in [2.75, 3.05) is 0 Å². The summed E-state index contributed by atoms with van der Waals surface area (Å²) in [4.78, 5) is 21.7. The Morgan fingerprint density at radius 3 is 1.60 bits per heavy atom. The molecule has 0 fully saturated rings. The van der Waals surface area contributed by atoms with Crippen LogP contribution in [-0.2, 0) is 35.8 Å². The molecule has 0 aliphatic carbocycles. The second kappa shape index (κ2) is 8.27. The SMILES string of the molecule is CC(C)CC(CC(C)C)OP([O-])([O-])=S.[Zn+2]. The fraction of sp³-hybridized carbons (Fsp3) is 1.00. The molecule has 0 bridgehead atoms. The van der Waals surface area contributed by atoms with Gasteiger partial charge in [-0.05, 0) is 24.7 Å². The summed E-state index contributed by atoms with van der Waals surface area (Å²) in [5.41, 5.74) is 0. The molecule has 0 aromatic heterocycles. The molecule has 0 aromatic carbocycles. The van der Waals surface area contributed by atoms with Crippen LogP contribution in [0, 0.1) is 11.8 Å². The van der Waals surface area contributed by atoms with E-state index in [9.17, 15) is 9.79 Å². The van der Waals surface area contributed by atoms with Crippen LogP contribution in [0.1, 0.15) is 40.5 Å². The molecule has 86 valence electrons. The van der Waals surface area contributed by atoms with E-state index in [0.717, 1.165) is 12.8 Å². The van der Waals surface area contributed by atoms with E-state index in [0.29, 0.717) is 11.8 Å². The maximum atomic E-state index is 10.8. The van der Waals surface area contributed by atoms with E-state index in [1.54, 1.807) is 0 Å². The predicted octanol–water partition coefficient (Wildman–Crippen LogP) is 1.41. The number of hydrogen-bond acceptors (Lipinski definition) is 4. The van der Waals surface area contributed by atoms with Gasteiger partial charge in [0.25, 0.3) is 0 Å². The molecule has 0 aromatic rings. The largest absolute Gasteiger partial charge is 2.00 e. The molecule has 0 N–H and O–H groups in total. The molecule has 0 aliphatic rings. The van der Waals surface area contributed by atoms with Crippen molar-refractivity contribution in [1.82, 2.24) is 0 Å². The van der Waals surface area contributed by atoms with Crippen molar-refractivity contribution >= 4 is 18.5 Å². The van der Waals surface area contributed by atoms with E-state index in [-0.39, 0.29) is 25.6 Å². The van der Waals surface area contributed by atoms with Crippen LogP contribution in [0.5, 0.6) is 0 Å². The first kappa shape index (κ1) is 18.5. The maximum absolute atomic E-state index is 10.8. The Balaban J connectivity index is 0. The van der Waals surface area contributed by atoms with E-state index >= 15 is 0 Å². The minimum atomic E-state index is -4.00. The first-order valence-electron chi connectivity index (χ1n) is 4.91. The maximum Gasteiger partial charge on any atom is 2.00 e. The topological polar surface area (TPSA) is 55.3 Å². The molecule has 0 radical (unpaired) electrons. The summed E-state index contributed by atoms with van der Waals surface area (Å²) in [6, 6.07) is 0. The fourth-order valence-corrected chi connectivity index (χ4v) is 2.32. The standard InChI is InChI=1S/C9H21O3PS.Zn/c1-7(2)5-9(6-8(3)4)12-13(10,11)14;/h7-9H,5-6H2,1-4H3,(H2,10,11,14);/q;+2/p-2. The first-order chi connectivity index (χ1) is 6.20. The van der Waals surface area contributed by atoms with Gasteiger partial charge in [-0.1, -0.05) is 34.4 Å². The van der Waals surface area contributed by atoms with Crippen LogP contribution in [0.4, 0.5) is 0 Å². The molecule has 15 heavy (non-hydrogen) atoms. The van der Waals surface area contributed by atoms with Crippen LogP contribution in [0.15, 0.2) is 0 Å². The van der Waals surface area contributed by atoms with Crippen molar-refractivity contribution in [1.29, 1.82) is 0 Å². The first-order valence-corrected chi connectivity index (χ1v) is 7.46. The molecule has 0 rings (SSSR count). The molecule has 0 saturated carbocycles. The van der Waals surface area contributed by atoms with Crippen LogP contribution in [0.2, 0.25) is 0 Å². The Hall–Kier alpha value is 1.15. The number of hydrogen-bond donors (Lipinski definition) is 0. The Bertz CT molecular complexity index is 196. The van der Waals surface area contributed by atoms with Gasteiger partial charge < -0.3 is 14.3 Å². The van der Waals surface area contributed by atoms with Gasteiger partial charge in [0.2, 0.25) is 0 Å². The molecule has 0 atom stereocenters. The van der Waals surface area contributed by atoms with Gasteiger partial charge >= 0.3 is 19.5 Å². The molecular formula is C9H19O3PSZn. The van der Waals surface area contributed by atoms with E-state index in [4.69, 9.17) is 4.52 Å². The van der Waals surface area contributed by atoms with E-state index < -0.39 is 6.72 Å². The van der Waals surface area contributed by atoms with Crippen LogP contribution in [0.3, 0.4) is 0 Å². The van der Waals surface area contributed by atoms with Crippen LogP contribution >= 0.6 is 6.72 Å². The van der Waals surface area contributed by atoms with Crippen molar-refractivity contribution in [3.05, 3.63) is 0 Å². The van der Waals surface area contributed by atoms with Gasteiger partial charge in [0.05, 0.1) is 6.10 Å². The summed E-state index contributed by atoms with van der Waals surface area (Å²) in [5.74, 6) is 0.834. The Morgan fingerprint density at radius 1 is 1.07 bits per heavy atom.